The van der Waals surface area contributed by atoms with Crippen molar-refractivity contribution in [3.63, 3.8) is 0 Å². The maximum atomic E-state index is 13.1. The van der Waals surface area contributed by atoms with E-state index in [-0.39, 0.29) is 5.91 Å². The van der Waals surface area contributed by atoms with Gasteiger partial charge in [0.15, 0.2) is 0 Å². The minimum Gasteiger partial charge on any atom is -0.444 e. The van der Waals surface area contributed by atoms with E-state index in [4.69, 9.17) is 4.74 Å². The summed E-state index contributed by atoms with van der Waals surface area (Å²) in [6, 6.07) is 7.27. The Hall–Kier alpha value is -2.24. The van der Waals surface area contributed by atoms with Crippen molar-refractivity contribution >= 4 is 23.4 Å². The maximum Gasteiger partial charge on any atom is 0.408 e. The van der Waals surface area contributed by atoms with E-state index in [1.54, 1.807) is 0 Å². The summed E-state index contributed by atoms with van der Waals surface area (Å²) in [4.78, 5) is 29.2. The van der Waals surface area contributed by atoms with Gasteiger partial charge >= 0.3 is 6.09 Å². The van der Waals surface area contributed by atoms with E-state index in [1.807, 2.05) is 61.9 Å². The van der Waals surface area contributed by atoms with E-state index < -0.39 is 17.7 Å². The number of nitrogens with zero attached hydrogens (tertiary/aromatic N) is 2. The van der Waals surface area contributed by atoms with Crippen molar-refractivity contribution in [2.75, 3.05) is 29.9 Å². The Balaban J connectivity index is 1.84. The van der Waals surface area contributed by atoms with Gasteiger partial charge in [0, 0.05) is 20.1 Å². The van der Waals surface area contributed by atoms with Gasteiger partial charge in [0.25, 0.3) is 5.91 Å². The fraction of sp³-hybridized carbons (Fsp3) is 0.579. The Kier molecular flexibility index (Phi) is 4.62. The topological polar surface area (TPSA) is 61.9 Å². The molecule has 1 saturated carbocycles. The van der Waals surface area contributed by atoms with Crippen LogP contribution in [0.2, 0.25) is 0 Å². The normalized spacial score (nSPS) is 20.8. The first-order valence-corrected chi connectivity index (χ1v) is 8.85. The zero-order chi connectivity index (χ0) is 18.2. The molecule has 1 atom stereocenters. The van der Waals surface area contributed by atoms with Crippen molar-refractivity contribution in [2.24, 2.45) is 5.92 Å². The number of amides is 2. The van der Waals surface area contributed by atoms with Crippen molar-refractivity contribution in [1.82, 2.24) is 5.32 Å². The molecule has 0 saturated heterocycles. The average molecular weight is 345 g/mol. The van der Waals surface area contributed by atoms with Gasteiger partial charge in [0.1, 0.15) is 11.6 Å². The first-order chi connectivity index (χ1) is 11.7. The highest BCUT2D eigenvalue weighted by atomic mass is 16.6. The van der Waals surface area contributed by atoms with Crippen LogP contribution in [0.4, 0.5) is 16.2 Å². The zero-order valence-corrected chi connectivity index (χ0v) is 15.4. The molecular weight excluding hydrogens is 318 g/mol. The molecule has 1 fully saturated rings. The zero-order valence-electron chi connectivity index (χ0n) is 15.4. The lowest BCUT2D eigenvalue weighted by molar-refractivity contribution is -0.120. The third-order valence-corrected chi connectivity index (χ3v) is 4.43. The number of hydrogen-bond acceptors (Lipinski definition) is 4. The number of nitrogens with one attached hydrogen (secondary N) is 1. The quantitative estimate of drug-likeness (QED) is 0.915. The van der Waals surface area contributed by atoms with Gasteiger partial charge in [-0.3, -0.25) is 4.79 Å². The standard InChI is InChI=1S/C19H27N3O3/c1-19(2,3)25-18(24)20-14-12-21(4)15-7-5-6-8-16(15)22(17(14)23)11-13-9-10-13/h5-8,13-14H,9-12H2,1-4H3,(H,20,24)/t14-/m1/s1. The van der Waals surface area contributed by atoms with Crippen molar-refractivity contribution < 1.29 is 14.3 Å². The predicted octanol–water partition coefficient (Wildman–Crippen LogP) is 2.77. The monoisotopic (exact) mass is 345 g/mol. The van der Waals surface area contributed by atoms with E-state index in [1.165, 1.54) is 0 Å². The van der Waals surface area contributed by atoms with Crippen LogP contribution in [0.5, 0.6) is 0 Å². The van der Waals surface area contributed by atoms with Crippen LogP contribution in [-0.2, 0) is 9.53 Å². The lowest BCUT2D eigenvalue weighted by Gasteiger charge is -2.26. The first kappa shape index (κ1) is 17.6. The molecule has 136 valence electrons. The lowest BCUT2D eigenvalue weighted by atomic mass is 10.2. The van der Waals surface area contributed by atoms with Crippen LogP contribution in [0.1, 0.15) is 33.6 Å². The fourth-order valence-electron chi connectivity index (χ4n) is 3.08. The highest BCUT2D eigenvalue weighted by Gasteiger charge is 2.37. The van der Waals surface area contributed by atoms with Crippen molar-refractivity contribution in [1.29, 1.82) is 0 Å². The second-order valence-electron chi connectivity index (χ2n) is 7.96. The minimum atomic E-state index is -0.633. The number of ether oxygens (including phenoxy) is 1. The molecule has 2 amide bonds. The molecule has 1 N–H and O–H groups in total. The van der Waals surface area contributed by atoms with E-state index in [9.17, 15) is 9.59 Å². The van der Waals surface area contributed by atoms with E-state index in [0.717, 1.165) is 24.2 Å². The van der Waals surface area contributed by atoms with Crippen molar-refractivity contribution in [3.8, 4) is 0 Å². The van der Waals surface area contributed by atoms with E-state index >= 15 is 0 Å². The molecule has 0 aromatic heterocycles. The molecule has 1 aliphatic heterocycles. The van der Waals surface area contributed by atoms with Gasteiger partial charge in [0.05, 0.1) is 11.4 Å². The average Bonchev–Trinajstić information content (AvgIpc) is 3.33. The summed E-state index contributed by atoms with van der Waals surface area (Å²) in [5, 5.41) is 2.76. The highest BCUT2D eigenvalue weighted by Crippen LogP contribution is 2.36. The molecule has 2 aliphatic rings. The van der Waals surface area contributed by atoms with Gasteiger partial charge in [-0.1, -0.05) is 12.1 Å². The number of alkyl carbamates (subject to hydrolysis) is 1. The van der Waals surface area contributed by atoms with Gasteiger partial charge in [-0.25, -0.2) is 4.79 Å². The Morgan fingerprint density at radius 1 is 1.24 bits per heavy atom. The molecule has 3 rings (SSSR count). The van der Waals surface area contributed by atoms with Crippen LogP contribution < -0.4 is 15.1 Å². The number of carbonyl (C=O) groups excluding carboxylic acids is 2. The van der Waals surface area contributed by atoms with Crippen LogP contribution in [-0.4, -0.2) is 43.8 Å². The van der Waals surface area contributed by atoms with Crippen molar-refractivity contribution in [3.05, 3.63) is 24.3 Å². The van der Waals surface area contributed by atoms with Crippen LogP contribution in [0.15, 0.2) is 24.3 Å². The smallest absolute Gasteiger partial charge is 0.408 e. The Morgan fingerprint density at radius 2 is 1.88 bits per heavy atom. The number of hydrogen-bond donors (Lipinski definition) is 1. The summed E-state index contributed by atoms with van der Waals surface area (Å²) in [7, 11) is 1.94. The summed E-state index contributed by atoms with van der Waals surface area (Å²) in [5.74, 6) is 0.483. The second kappa shape index (κ2) is 6.58. The maximum absolute atomic E-state index is 13.1. The molecule has 0 unspecified atom stereocenters. The Bertz CT molecular complexity index is 664. The predicted molar refractivity (Wildman–Crippen MR) is 97.9 cm³/mol. The molecule has 6 heteroatoms. The first-order valence-electron chi connectivity index (χ1n) is 8.85. The van der Waals surface area contributed by atoms with Crippen molar-refractivity contribution in [2.45, 2.75) is 45.3 Å². The molecule has 25 heavy (non-hydrogen) atoms. The number of benzene rings is 1. The number of carbonyl (C=O) groups is 2. The SMILES string of the molecule is CN1C[C@@H](NC(=O)OC(C)(C)C)C(=O)N(CC2CC2)c2ccccc21. The number of anilines is 2. The summed E-state index contributed by atoms with van der Waals surface area (Å²) in [6.07, 6.45) is 1.76. The minimum absolute atomic E-state index is 0.0745. The summed E-state index contributed by atoms with van der Waals surface area (Å²) >= 11 is 0. The fourth-order valence-corrected chi connectivity index (χ4v) is 3.08. The van der Waals surface area contributed by atoms with Gasteiger partial charge in [-0.2, -0.15) is 0 Å². The summed E-state index contributed by atoms with van der Waals surface area (Å²) < 4.78 is 5.33. The number of likely N-dealkylation sites (N-methyl/N-ethyl adjacent to an activating group) is 1. The molecule has 1 aromatic rings. The second-order valence-corrected chi connectivity index (χ2v) is 7.96. The molecule has 1 aliphatic carbocycles. The molecular formula is C19H27N3O3. The molecule has 0 radical (unpaired) electrons. The molecule has 1 heterocycles. The molecule has 1 aromatic carbocycles. The van der Waals surface area contributed by atoms with Crippen LogP contribution in [0.25, 0.3) is 0 Å². The Morgan fingerprint density at radius 3 is 2.48 bits per heavy atom. The molecule has 0 bridgehead atoms. The lowest BCUT2D eigenvalue weighted by Crippen LogP contribution is -2.53. The molecule has 0 spiro atoms. The van der Waals surface area contributed by atoms with Gasteiger partial charge in [-0.15, -0.1) is 0 Å². The van der Waals surface area contributed by atoms with Crippen LogP contribution >= 0.6 is 0 Å². The highest BCUT2D eigenvalue weighted by molar-refractivity contribution is 6.03. The van der Waals surface area contributed by atoms with Gasteiger partial charge < -0.3 is 19.9 Å². The third kappa shape index (κ3) is 4.24. The van der Waals surface area contributed by atoms with Gasteiger partial charge in [-0.05, 0) is 51.7 Å². The van der Waals surface area contributed by atoms with E-state index in [2.05, 4.69) is 5.32 Å². The third-order valence-electron chi connectivity index (χ3n) is 4.43. The number of rotatable bonds is 3. The van der Waals surface area contributed by atoms with Crippen LogP contribution in [0.3, 0.4) is 0 Å². The largest absolute Gasteiger partial charge is 0.444 e. The summed E-state index contributed by atoms with van der Waals surface area (Å²) in [5.41, 5.74) is 1.32. The number of para-hydroxylation sites is 2. The molecule has 6 nitrogen and oxygen atoms in total. The van der Waals surface area contributed by atoms with Gasteiger partial charge in [0.2, 0.25) is 0 Å². The summed E-state index contributed by atoms with van der Waals surface area (Å²) in [6.45, 7) is 6.54. The van der Waals surface area contributed by atoms with Crippen LogP contribution in [0, 0.1) is 5.92 Å². The number of fused-ring (bicyclic) bond motifs is 1. The Labute approximate surface area is 149 Å². The van der Waals surface area contributed by atoms with E-state index in [0.29, 0.717) is 19.0 Å².